The van der Waals surface area contributed by atoms with E-state index < -0.39 is 31.0 Å². The number of urea groups is 1. The van der Waals surface area contributed by atoms with E-state index >= 15 is 0 Å². The molecule has 2 heterocycles. The molecule has 9 nitrogen and oxygen atoms in total. The van der Waals surface area contributed by atoms with E-state index in [1.807, 2.05) is 0 Å². The molecular formula is C12H18N4O5. The van der Waals surface area contributed by atoms with Crippen molar-refractivity contribution in [2.24, 2.45) is 11.7 Å². The predicted octanol–water partition coefficient (Wildman–Crippen LogP) is -1.81. The summed E-state index contributed by atoms with van der Waals surface area (Å²) in [6, 6.07) is -0.856. The summed E-state index contributed by atoms with van der Waals surface area (Å²) in [7, 11) is 0. The van der Waals surface area contributed by atoms with E-state index in [4.69, 9.17) is 10.8 Å². The van der Waals surface area contributed by atoms with Gasteiger partial charge in [0.1, 0.15) is 13.1 Å². The standard InChI is InChI=1S/C12H18N4O5/c13-9(17)5-15(6-10(18)19)12(21)16-3-1-2-7-8(16)4-14-11(7)20/h7-8H,1-6H2,(H2,13,17)(H,14,20)(H,18,19). The second kappa shape index (κ2) is 5.98. The fraction of sp³-hybridized carbons (Fsp3) is 0.667. The number of nitrogens with one attached hydrogen (secondary N) is 1. The Morgan fingerprint density at radius 3 is 2.71 bits per heavy atom. The number of nitrogens with zero attached hydrogens (tertiary/aromatic N) is 2. The SMILES string of the molecule is NC(=O)CN(CC(=O)O)C(=O)N1CCCC2C(=O)NCC21. The summed E-state index contributed by atoms with van der Waals surface area (Å²) in [4.78, 5) is 48.3. The third-order valence-electron chi connectivity index (χ3n) is 3.79. The van der Waals surface area contributed by atoms with Crippen molar-refractivity contribution in [3.8, 4) is 0 Å². The van der Waals surface area contributed by atoms with Crippen LogP contribution in [0.5, 0.6) is 0 Å². The maximum Gasteiger partial charge on any atom is 0.323 e. The van der Waals surface area contributed by atoms with Crippen molar-refractivity contribution in [3.05, 3.63) is 0 Å². The van der Waals surface area contributed by atoms with Gasteiger partial charge in [-0.15, -0.1) is 0 Å². The lowest BCUT2D eigenvalue weighted by Crippen LogP contribution is -2.55. The molecule has 0 saturated carbocycles. The number of carboxylic acids is 1. The highest BCUT2D eigenvalue weighted by atomic mass is 16.4. The third kappa shape index (κ3) is 3.23. The molecule has 21 heavy (non-hydrogen) atoms. The molecule has 2 fully saturated rings. The van der Waals surface area contributed by atoms with Crippen molar-refractivity contribution in [2.45, 2.75) is 18.9 Å². The number of hydrogen-bond acceptors (Lipinski definition) is 4. The van der Waals surface area contributed by atoms with Gasteiger partial charge in [0.25, 0.3) is 0 Å². The molecule has 4 N–H and O–H groups in total. The minimum atomic E-state index is -1.22. The van der Waals surface area contributed by atoms with Crippen molar-refractivity contribution >= 4 is 23.8 Å². The van der Waals surface area contributed by atoms with Gasteiger partial charge in [-0.05, 0) is 12.8 Å². The minimum absolute atomic E-state index is 0.0859. The molecule has 2 atom stereocenters. The van der Waals surface area contributed by atoms with E-state index in [2.05, 4.69) is 5.32 Å². The van der Waals surface area contributed by atoms with Crippen LogP contribution in [0.4, 0.5) is 4.79 Å². The van der Waals surface area contributed by atoms with Gasteiger partial charge in [-0.3, -0.25) is 14.4 Å². The summed E-state index contributed by atoms with van der Waals surface area (Å²) < 4.78 is 0. The van der Waals surface area contributed by atoms with E-state index in [1.165, 1.54) is 4.90 Å². The number of hydrogen-bond donors (Lipinski definition) is 3. The van der Waals surface area contributed by atoms with E-state index in [0.717, 1.165) is 4.90 Å². The van der Waals surface area contributed by atoms with Gasteiger partial charge >= 0.3 is 12.0 Å². The van der Waals surface area contributed by atoms with Crippen LogP contribution < -0.4 is 11.1 Å². The smallest absolute Gasteiger partial charge is 0.323 e. The zero-order valence-electron chi connectivity index (χ0n) is 11.4. The van der Waals surface area contributed by atoms with Crippen LogP contribution in [-0.4, -0.2) is 70.9 Å². The Labute approximate surface area is 121 Å². The first-order chi connectivity index (χ1) is 9.90. The maximum absolute atomic E-state index is 12.5. The Hall–Kier alpha value is -2.32. The van der Waals surface area contributed by atoms with Crippen molar-refractivity contribution in [1.82, 2.24) is 15.1 Å². The van der Waals surface area contributed by atoms with Crippen LogP contribution in [0.2, 0.25) is 0 Å². The van der Waals surface area contributed by atoms with Gasteiger partial charge in [-0.1, -0.05) is 0 Å². The van der Waals surface area contributed by atoms with Gasteiger partial charge < -0.3 is 26.0 Å². The number of fused-ring (bicyclic) bond motifs is 1. The number of aliphatic carboxylic acids is 1. The molecule has 0 aromatic rings. The first kappa shape index (κ1) is 15.1. The number of carbonyl (C=O) groups excluding carboxylic acids is 3. The third-order valence-corrected chi connectivity index (χ3v) is 3.79. The second-order valence-corrected chi connectivity index (χ2v) is 5.25. The second-order valence-electron chi connectivity index (χ2n) is 5.25. The largest absolute Gasteiger partial charge is 0.480 e. The van der Waals surface area contributed by atoms with Crippen LogP contribution in [0.3, 0.4) is 0 Å². The molecule has 4 amide bonds. The van der Waals surface area contributed by atoms with Crippen LogP contribution in [0.25, 0.3) is 0 Å². The highest BCUT2D eigenvalue weighted by Gasteiger charge is 2.43. The molecule has 9 heteroatoms. The molecule has 2 unspecified atom stereocenters. The minimum Gasteiger partial charge on any atom is -0.480 e. The van der Waals surface area contributed by atoms with Gasteiger partial charge in [-0.2, -0.15) is 0 Å². The van der Waals surface area contributed by atoms with E-state index in [0.29, 0.717) is 25.9 Å². The molecule has 116 valence electrons. The highest BCUT2D eigenvalue weighted by molar-refractivity contribution is 5.88. The number of piperidine rings is 1. The van der Waals surface area contributed by atoms with Crippen LogP contribution in [0.1, 0.15) is 12.8 Å². The number of likely N-dealkylation sites (tertiary alicyclic amines) is 1. The molecule has 2 aliphatic rings. The number of rotatable bonds is 4. The highest BCUT2D eigenvalue weighted by Crippen LogP contribution is 2.28. The number of amides is 4. The van der Waals surface area contributed by atoms with Crippen LogP contribution in [-0.2, 0) is 14.4 Å². The average Bonchev–Trinajstić information content (AvgIpc) is 2.78. The van der Waals surface area contributed by atoms with Crippen molar-refractivity contribution < 1.29 is 24.3 Å². The Balaban J connectivity index is 2.13. The Bertz CT molecular complexity index is 464. The molecular weight excluding hydrogens is 280 g/mol. The molecule has 2 rings (SSSR count). The van der Waals surface area contributed by atoms with Gasteiger partial charge in [-0.25, -0.2) is 4.79 Å². The summed E-state index contributed by atoms with van der Waals surface area (Å²) in [5.74, 6) is -2.35. The number of primary amides is 1. The molecule has 0 bridgehead atoms. The summed E-state index contributed by atoms with van der Waals surface area (Å²) in [6.07, 6.45) is 1.37. The Morgan fingerprint density at radius 2 is 2.10 bits per heavy atom. The quantitative estimate of drug-likeness (QED) is 0.562. The molecule has 2 saturated heterocycles. The van der Waals surface area contributed by atoms with Crippen molar-refractivity contribution in [3.63, 3.8) is 0 Å². The number of nitrogens with two attached hydrogens (primary N) is 1. The zero-order chi connectivity index (χ0) is 15.6. The topological polar surface area (TPSA) is 133 Å². The molecule has 0 aliphatic carbocycles. The fourth-order valence-electron chi connectivity index (χ4n) is 2.91. The lowest BCUT2D eigenvalue weighted by atomic mass is 9.92. The first-order valence-corrected chi connectivity index (χ1v) is 6.73. The Morgan fingerprint density at radius 1 is 1.38 bits per heavy atom. The van der Waals surface area contributed by atoms with E-state index in [-0.39, 0.29) is 17.9 Å². The van der Waals surface area contributed by atoms with E-state index in [1.54, 1.807) is 0 Å². The number of carboxylic acid groups (broad SMARTS) is 1. The average molecular weight is 298 g/mol. The summed E-state index contributed by atoms with van der Waals surface area (Å²) in [6.45, 7) is -0.270. The summed E-state index contributed by atoms with van der Waals surface area (Å²) in [5.41, 5.74) is 5.05. The van der Waals surface area contributed by atoms with Crippen LogP contribution in [0, 0.1) is 5.92 Å². The van der Waals surface area contributed by atoms with Gasteiger partial charge in [0.05, 0.1) is 12.0 Å². The molecule has 0 aromatic carbocycles. The lowest BCUT2D eigenvalue weighted by Gasteiger charge is -2.38. The maximum atomic E-state index is 12.5. The zero-order valence-corrected chi connectivity index (χ0v) is 11.4. The first-order valence-electron chi connectivity index (χ1n) is 6.73. The fourth-order valence-corrected chi connectivity index (χ4v) is 2.91. The monoisotopic (exact) mass is 298 g/mol. The lowest BCUT2D eigenvalue weighted by molar-refractivity contribution is -0.138. The van der Waals surface area contributed by atoms with Crippen molar-refractivity contribution in [2.75, 3.05) is 26.2 Å². The molecule has 0 aromatic heterocycles. The van der Waals surface area contributed by atoms with Crippen molar-refractivity contribution in [1.29, 1.82) is 0 Å². The molecule has 0 spiro atoms. The van der Waals surface area contributed by atoms with E-state index in [9.17, 15) is 19.2 Å². The summed E-state index contributed by atoms with van der Waals surface area (Å²) >= 11 is 0. The van der Waals surface area contributed by atoms with Gasteiger partial charge in [0, 0.05) is 13.1 Å². The number of carbonyl (C=O) groups is 4. The van der Waals surface area contributed by atoms with Gasteiger partial charge in [0.2, 0.25) is 11.8 Å². The molecule has 0 radical (unpaired) electrons. The normalized spacial score (nSPS) is 24.2. The van der Waals surface area contributed by atoms with Gasteiger partial charge in [0.15, 0.2) is 0 Å². The Kier molecular flexibility index (Phi) is 4.29. The predicted molar refractivity (Wildman–Crippen MR) is 70.0 cm³/mol. The van der Waals surface area contributed by atoms with Crippen LogP contribution in [0.15, 0.2) is 0 Å². The molecule has 2 aliphatic heterocycles. The van der Waals surface area contributed by atoms with Crippen LogP contribution >= 0.6 is 0 Å². The summed E-state index contributed by atoms with van der Waals surface area (Å²) in [5, 5.41) is 11.6.